The smallest absolute Gasteiger partial charge is 0.228 e. The van der Waals surface area contributed by atoms with Crippen molar-refractivity contribution in [1.29, 1.82) is 0 Å². The molecule has 1 saturated heterocycles. The SMILES string of the molecule is C[C@H]1[C@@H](C)N(C)C(=O)[C@@H]1CO. The van der Waals surface area contributed by atoms with Crippen molar-refractivity contribution < 1.29 is 9.90 Å². The maximum Gasteiger partial charge on any atom is 0.228 e. The fourth-order valence-electron chi connectivity index (χ4n) is 1.62. The molecule has 64 valence electrons. The lowest BCUT2D eigenvalue weighted by Gasteiger charge is -2.17. The Morgan fingerprint density at radius 1 is 1.55 bits per heavy atom. The van der Waals surface area contributed by atoms with E-state index in [4.69, 9.17) is 5.11 Å². The summed E-state index contributed by atoms with van der Waals surface area (Å²) in [6, 6.07) is 0.264. The summed E-state index contributed by atoms with van der Waals surface area (Å²) in [5, 5.41) is 8.89. The molecular weight excluding hydrogens is 142 g/mol. The van der Waals surface area contributed by atoms with Crippen LogP contribution in [-0.2, 0) is 4.79 Å². The average molecular weight is 157 g/mol. The van der Waals surface area contributed by atoms with Gasteiger partial charge in [0.1, 0.15) is 0 Å². The van der Waals surface area contributed by atoms with E-state index in [-0.39, 0.29) is 30.4 Å². The Labute approximate surface area is 67.0 Å². The van der Waals surface area contributed by atoms with E-state index in [2.05, 4.69) is 0 Å². The number of amides is 1. The van der Waals surface area contributed by atoms with Gasteiger partial charge in [-0.25, -0.2) is 0 Å². The van der Waals surface area contributed by atoms with E-state index in [1.165, 1.54) is 0 Å². The highest BCUT2D eigenvalue weighted by Crippen LogP contribution is 2.28. The summed E-state index contributed by atoms with van der Waals surface area (Å²) in [5.41, 5.74) is 0. The van der Waals surface area contributed by atoms with Crippen LogP contribution in [0, 0.1) is 11.8 Å². The monoisotopic (exact) mass is 157 g/mol. The Hall–Kier alpha value is -0.570. The summed E-state index contributed by atoms with van der Waals surface area (Å²) >= 11 is 0. The van der Waals surface area contributed by atoms with E-state index in [0.717, 1.165) is 0 Å². The number of likely N-dealkylation sites (tertiary alicyclic amines) is 1. The second-order valence-electron chi connectivity index (χ2n) is 3.34. The van der Waals surface area contributed by atoms with Gasteiger partial charge in [0.15, 0.2) is 0 Å². The molecule has 3 nitrogen and oxygen atoms in total. The van der Waals surface area contributed by atoms with Gasteiger partial charge in [0.2, 0.25) is 5.91 Å². The summed E-state index contributed by atoms with van der Waals surface area (Å²) in [6.07, 6.45) is 0. The normalized spacial score (nSPS) is 38.4. The van der Waals surface area contributed by atoms with Crippen molar-refractivity contribution in [2.45, 2.75) is 19.9 Å². The minimum absolute atomic E-state index is 0.0192. The zero-order valence-electron chi connectivity index (χ0n) is 7.24. The van der Waals surface area contributed by atoms with Crippen LogP contribution < -0.4 is 0 Å². The Balaban J connectivity index is 2.77. The zero-order valence-corrected chi connectivity index (χ0v) is 7.24. The molecular formula is C8H15NO2. The highest BCUT2D eigenvalue weighted by Gasteiger charge is 2.40. The van der Waals surface area contributed by atoms with Gasteiger partial charge in [0.25, 0.3) is 0 Å². The number of nitrogens with zero attached hydrogens (tertiary/aromatic N) is 1. The predicted octanol–water partition coefficient (Wildman–Crippen LogP) is 0.0915. The molecule has 1 aliphatic heterocycles. The van der Waals surface area contributed by atoms with E-state index < -0.39 is 0 Å². The van der Waals surface area contributed by atoms with Crippen molar-refractivity contribution in [1.82, 2.24) is 4.90 Å². The van der Waals surface area contributed by atoms with Gasteiger partial charge in [-0.05, 0) is 12.8 Å². The summed E-state index contributed by atoms with van der Waals surface area (Å²) in [5.74, 6) is 0.181. The van der Waals surface area contributed by atoms with Crippen LogP contribution >= 0.6 is 0 Å². The number of hydrogen-bond donors (Lipinski definition) is 1. The molecule has 0 aromatic heterocycles. The number of aliphatic hydroxyl groups is 1. The van der Waals surface area contributed by atoms with Crippen LogP contribution in [0.25, 0.3) is 0 Å². The first-order chi connectivity index (χ1) is 5.09. The van der Waals surface area contributed by atoms with Crippen molar-refractivity contribution in [2.24, 2.45) is 11.8 Å². The molecule has 3 atom stereocenters. The highest BCUT2D eigenvalue weighted by molar-refractivity contribution is 5.81. The lowest BCUT2D eigenvalue weighted by Crippen LogP contribution is -2.28. The first-order valence-corrected chi connectivity index (χ1v) is 3.97. The molecule has 0 saturated carbocycles. The van der Waals surface area contributed by atoms with Gasteiger partial charge < -0.3 is 10.0 Å². The molecule has 1 amide bonds. The first-order valence-electron chi connectivity index (χ1n) is 3.97. The Kier molecular flexibility index (Phi) is 2.18. The van der Waals surface area contributed by atoms with Gasteiger partial charge in [-0.15, -0.1) is 0 Å². The summed E-state index contributed by atoms with van der Waals surface area (Å²) < 4.78 is 0. The quantitative estimate of drug-likeness (QED) is 0.586. The largest absolute Gasteiger partial charge is 0.396 e. The summed E-state index contributed by atoms with van der Waals surface area (Å²) in [6.45, 7) is 4.00. The van der Waals surface area contributed by atoms with Crippen LogP contribution in [0.3, 0.4) is 0 Å². The third-order valence-electron chi connectivity index (χ3n) is 2.87. The summed E-state index contributed by atoms with van der Waals surface area (Å²) in [7, 11) is 1.79. The molecule has 0 unspecified atom stereocenters. The van der Waals surface area contributed by atoms with Crippen molar-refractivity contribution in [2.75, 3.05) is 13.7 Å². The van der Waals surface area contributed by atoms with E-state index >= 15 is 0 Å². The lowest BCUT2D eigenvalue weighted by molar-refractivity contribution is -0.131. The topological polar surface area (TPSA) is 40.5 Å². The van der Waals surface area contributed by atoms with Crippen LogP contribution in [-0.4, -0.2) is 35.6 Å². The van der Waals surface area contributed by atoms with Crippen molar-refractivity contribution in [3.8, 4) is 0 Å². The van der Waals surface area contributed by atoms with Gasteiger partial charge in [0.05, 0.1) is 12.5 Å². The molecule has 0 bridgehead atoms. The molecule has 1 rings (SSSR count). The van der Waals surface area contributed by atoms with Crippen molar-refractivity contribution in [3.63, 3.8) is 0 Å². The molecule has 3 heteroatoms. The molecule has 0 radical (unpaired) electrons. The van der Waals surface area contributed by atoms with Gasteiger partial charge in [0, 0.05) is 13.1 Å². The van der Waals surface area contributed by atoms with Crippen LogP contribution in [0.15, 0.2) is 0 Å². The summed E-state index contributed by atoms with van der Waals surface area (Å²) in [4.78, 5) is 13.0. The number of carbonyl (C=O) groups is 1. The van der Waals surface area contributed by atoms with Gasteiger partial charge >= 0.3 is 0 Å². The van der Waals surface area contributed by atoms with Crippen LogP contribution in [0.2, 0.25) is 0 Å². The number of hydrogen-bond acceptors (Lipinski definition) is 2. The van der Waals surface area contributed by atoms with Gasteiger partial charge in [-0.3, -0.25) is 4.79 Å². The fraction of sp³-hybridized carbons (Fsp3) is 0.875. The Morgan fingerprint density at radius 3 is 2.27 bits per heavy atom. The number of carbonyl (C=O) groups excluding carboxylic acids is 1. The second kappa shape index (κ2) is 2.81. The van der Waals surface area contributed by atoms with Crippen molar-refractivity contribution in [3.05, 3.63) is 0 Å². The van der Waals surface area contributed by atoms with E-state index in [1.54, 1.807) is 11.9 Å². The third-order valence-corrected chi connectivity index (χ3v) is 2.87. The maximum atomic E-state index is 11.3. The molecule has 0 aromatic rings. The lowest BCUT2D eigenvalue weighted by atomic mass is 9.94. The standard InChI is InChI=1S/C8H15NO2/c1-5-6(2)9(3)8(11)7(5)4-10/h5-7,10H,4H2,1-3H3/t5-,6+,7+/m0/s1. The fourth-order valence-corrected chi connectivity index (χ4v) is 1.62. The molecule has 1 fully saturated rings. The Bertz CT molecular complexity index is 169. The predicted molar refractivity (Wildman–Crippen MR) is 42.0 cm³/mol. The highest BCUT2D eigenvalue weighted by atomic mass is 16.3. The zero-order chi connectivity index (χ0) is 8.59. The number of rotatable bonds is 1. The molecule has 0 aromatic carbocycles. The molecule has 11 heavy (non-hydrogen) atoms. The third kappa shape index (κ3) is 1.13. The van der Waals surface area contributed by atoms with Crippen molar-refractivity contribution >= 4 is 5.91 Å². The van der Waals surface area contributed by atoms with Crippen LogP contribution in [0.5, 0.6) is 0 Å². The first kappa shape index (κ1) is 8.53. The molecule has 1 N–H and O–H groups in total. The maximum absolute atomic E-state index is 11.3. The minimum atomic E-state index is -0.171. The van der Waals surface area contributed by atoms with E-state index in [0.29, 0.717) is 0 Å². The van der Waals surface area contributed by atoms with Gasteiger partial charge in [-0.2, -0.15) is 0 Å². The average Bonchev–Trinajstić information content (AvgIpc) is 2.17. The van der Waals surface area contributed by atoms with E-state index in [9.17, 15) is 4.79 Å². The molecule has 0 spiro atoms. The minimum Gasteiger partial charge on any atom is -0.396 e. The van der Waals surface area contributed by atoms with Crippen LogP contribution in [0.1, 0.15) is 13.8 Å². The Morgan fingerprint density at radius 2 is 2.09 bits per heavy atom. The molecule has 0 aliphatic carbocycles. The van der Waals surface area contributed by atoms with Crippen LogP contribution in [0.4, 0.5) is 0 Å². The number of aliphatic hydroxyl groups excluding tert-OH is 1. The molecule has 1 aliphatic rings. The molecule has 1 heterocycles. The van der Waals surface area contributed by atoms with Gasteiger partial charge in [-0.1, -0.05) is 6.92 Å². The second-order valence-corrected chi connectivity index (χ2v) is 3.34. The van der Waals surface area contributed by atoms with E-state index in [1.807, 2.05) is 13.8 Å².